The molecular formula is C54H64N6O12. The fraction of sp³-hybridized carbons (Fsp3) is 0.426. The number of nitrogens with one attached hydrogen (secondary N) is 2. The Morgan fingerprint density at radius 2 is 1.50 bits per heavy atom. The number of carbonyl (C=O) groups excluding carboxylic acids is 6. The minimum atomic E-state index is -1.47. The van der Waals surface area contributed by atoms with E-state index in [9.17, 15) is 33.9 Å². The zero-order valence-electron chi connectivity index (χ0n) is 41.9. The standard InChI is InChI=1S/C54H64N6O12/c1-9-17-71-53(66)48(61)47(31(2)3)57-49(62)35(7)55-26-36-13-15-37(16-14-36)30-72-54(67)60-42-25-46(45(68-8)23-40(42)51(64)59-29-33(5)21-43(59)52(60)65)70-19-12-10-11-18-69-44-24-41-39(22-34(44)6)50(63)58-28-32(4)20-38(58)27-56-41/h9,13-16,22-25,27-29,31,35,38,43,47,52,55,65H,1,10-12,17-21,26,30H2,2-8H3,(H,57,62)/t35?,38-,43-,47-,52-/m0/s1. The molecule has 4 heterocycles. The van der Waals surface area contributed by atoms with Crippen molar-refractivity contribution in [3.63, 3.8) is 0 Å². The Balaban J connectivity index is 0.945. The van der Waals surface area contributed by atoms with Gasteiger partial charge in [0.15, 0.2) is 17.7 Å². The Labute approximate surface area is 419 Å². The number of aliphatic hydroxyl groups is 1. The number of fused-ring (bicyclic) bond motifs is 4. The number of methoxy groups -OCH3 is 1. The minimum Gasteiger partial charge on any atom is -0.493 e. The molecule has 1 unspecified atom stereocenters. The molecule has 382 valence electrons. The zero-order valence-corrected chi connectivity index (χ0v) is 41.9. The molecule has 4 amide bonds. The number of aliphatic hydroxyl groups excluding tert-OH is 1. The second-order valence-corrected chi connectivity index (χ2v) is 18.8. The van der Waals surface area contributed by atoms with Crippen LogP contribution in [0.25, 0.3) is 0 Å². The number of rotatable bonds is 21. The highest BCUT2D eigenvalue weighted by Crippen LogP contribution is 2.42. The number of benzene rings is 3. The van der Waals surface area contributed by atoms with Gasteiger partial charge in [-0.25, -0.2) is 14.5 Å². The molecule has 3 N–H and O–H groups in total. The van der Waals surface area contributed by atoms with Crippen molar-refractivity contribution in [3.05, 3.63) is 113 Å². The largest absolute Gasteiger partial charge is 0.493 e. The highest BCUT2D eigenvalue weighted by atomic mass is 16.6. The van der Waals surface area contributed by atoms with Gasteiger partial charge >= 0.3 is 12.1 Å². The summed E-state index contributed by atoms with van der Waals surface area (Å²) in [6.45, 7) is 15.0. The molecule has 0 aromatic heterocycles. The van der Waals surface area contributed by atoms with Gasteiger partial charge in [-0.2, -0.15) is 0 Å². The Morgan fingerprint density at radius 1 is 0.833 bits per heavy atom. The van der Waals surface area contributed by atoms with Crippen LogP contribution in [-0.2, 0) is 37.0 Å². The van der Waals surface area contributed by atoms with Crippen molar-refractivity contribution in [3.8, 4) is 17.2 Å². The van der Waals surface area contributed by atoms with Gasteiger partial charge in [0.2, 0.25) is 5.91 Å². The highest BCUT2D eigenvalue weighted by Gasteiger charge is 2.45. The quantitative estimate of drug-likeness (QED) is 0.0426. The van der Waals surface area contributed by atoms with Crippen LogP contribution in [0.4, 0.5) is 16.2 Å². The van der Waals surface area contributed by atoms with Crippen molar-refractivity contribution in [1.82, 2.24) is 20.4 Å². The molecule has 72 heavy (non-hydrogen) atoms. The van der Waals surface area contributed by atoms with Gasteiger partial charge in [-0.1, -0.05) is 61.9 Å². The molecule has 4 aliphatic rings. The normalized spacial score (nSPS) is 18.6. The molecule has 0 radical (unpaired) electrons. The number of hydrogen-bond acceptors (Lipinski definition) is 14. The number of aliphatic imine (C=N–C) groups is 1. The second-order valence-electron chi connectivity index (χ2n) is 18.8. The number of Topliss-reactive ketones (excluding diaryl/α,β-unsaturated/α-hetero) is 1. The van der Waals surface area contributed by atoms with Crippen LogP contribution in [0.1, 0.15) is 104 Å². The van der Waals surface area contributed by atoms with E-state index >= 15 is 0 Å². The van der Waals surface area contributed by atoms with E-state index in [-0.39, 0.29) is 67.0 Å². The maximum atomic E-state index is 14.1. The summed E-state index contributed by atoms with van der Waals surface area (Å²) in [5.41, 5.74) is 5.65. The Bertz CT molecular complexity index is 2680. The number of hydrogen-bond donors (Lipinski definition) is 3. The molecule has 0 spiro atoms. The first-order chi connectivity index (χ1) is 34.5. The predicted molar refractivity (Wildman–Crippen MR) is 268 cm³/mol. The predicted octanol–water partition coefficient (Wildman–Crippen LogP) is 6.98. The first-order valence-corrected chi connectivity index (χ1v) is 24.2. The van der Waals surface area contributed by atoms with E-state index < -0.39 is 54.0 Å². The average molecular weight is 989 g/mol. The van der Waals surface area contributed by atoms with E-state index in [0.29, 0.717) is 48.4 Å². The summed E-state index contributed by atoms with van der Waals surface area (Å²) < 4.78 is 28.7. The molecular weight excluding hydrogens is 925 g/mol. The van der Waals surface area contributed by atoms with E-state index in [1.165, 1.54) is 30.2 Å². The van der Waals surface area contributed by atoms with Crippen LogP contribution in [0.5, 0.6) is 17.2 Å². The number of anilines is 1. The van der Waals surface area contributed by atoms with Gasteiger partial charge in [-0.05, 0) is 94.5 Å². The SMILES string of the molecule is C=CCOC(=O)C(=O)[C@@H](NC(=O)C(C)NCc1ccc(COC(=O)N2c3cc(OCCCCCOc4cc5c(cc4C)C(=O)N4C=C(C)C[C@H]4C=N5)c(OC)cc3C(=O)N3C=C(C)C[C@H]3[C@@H]2O)cc1)C(C)C. The molecule has 0 fully saturated rings. The third-order valence-corrected chi connectivity index (χ3v) is 12.9. The molecule has 7 rings (SSSR count). The van der Waals surface area contributed by atoms with Crippen LogP contribution in [0.2, 0.25) is 0 Å². The highest BCUT2D eigenvalue weighted by molar-refractivity contribution is 6.36. The summed E-state index contributed by atoms with van der Waals surface area (Å²) in [6, 6.07) is 11.2. The smallest absolute Gasteiger partial charge is 0.416 e. The lowest BCUT2D eigenvalue weighted by atomic mass is 9.99. The Kier molecular flexibility index (Phi) is 17.0. The minimum absolute atomic E-state index is 0.0718. The molecule has 0 saturated heterocycles. The van der Waals surface area contributed by atoms with E-state index in [1.807, 2.05) is 45.3 Å². The first kappa shape index (κ1) is 52.5. The van der Waals surface area contributed by atoms with E-state index in [2.05, 4.69) is 22.2 Å². The van der Waals surface area contributed by atoms with E-state index in [4.69, 9.17) is 23.7 Å². The fourth-order valence-electron chi connectivity index (χ4n) is 8.91. The third kappa shape index (κ3) is 11.9. The number of amides is 4. The monoisotopic (exact) mass is 988 g/mol. The molecule has 0 saturated carbocycles. The molecule has 0 aliphatic carbocycles. The summed E-state index contributed by atoms with van der Waals surface area (Å²) in [5, 5.41) is 17.6. The second kappa shape index (κ2) is 23.3. The number of ether oxygens (including phenoxy) is 5. The Hall–Kier alpha value is -7.31. The van der Waals surface area contributed by atoms with Crippen molar-refractivity contribution in [2.24, 2.45) is 10.9 Å². The Morgan fingerprint density at radius 3 is 2.19 bits per heavy atom. The lowest BCUT2D eigenvalue weighted by Gasteiger charge is -2.31. The lowest BCUT2D eigenvalue weighted by molar-refractivity contribution is -0.154. The van der Waals surface area contributed by atoms with Crippen LogP contribution < -0.4 is 29.7 Å². The number of ketones is 1. The summed E-state index contributed by atoms with van der Waals surface area (Å²) in [5.74, 6) is -2.01. The van der Waals surface area contributed by atoms with Crippen molar-refractivity contribution >= 4 is 53.2 Å². The van der Waals surface area contributed by atoms with Gasteiger partial charge in [0, 0.05) is 37.3 Å². The summed E-state index contributed by atoms with van der Waals surface area (Å²) in [6.07, 6.45) is 7.60. The van der Waals surface area contributed by atoms with Gasteiger partial charge in [0.05, 0.1) is 61.0 Å². The first-order valence-electron chi connectivity index (χ1n) is 24.2. The molecule has 0 bridgehead atoms. The molecule has 18 nitrogen and oxygen atoms in total. The van der Waals surface area contributed by atoms with Gasteiger partial charge in [0.1, 0.15) is 25.0 Å². The van der Waals surface area contributed by atoms with Crippen molar-refractivity contribution in [1.29, 1.82) is 0 Å². The number of aryl methyl sites for hydroxylation is 1. The van der Waals surface area contributed by atoms with Crippen molar-refractivity contribution in [2.75, 3.05) is 31.8 Å². The number of nitrogens with zero attached hydrogens (tertiary/aromatic N) is 4. The fourth-order valence-corrected chi connectivity index (χ4v) is 8.91. The topological polar surface area (TPSA) is 215 Å². The van der Waals surface area contributed by atoms with Crippen LogP contribution in [-0.4, -0.2) is 114 Å². The summed E-state index contributed by atoms with van der Waals surface area (Å²) in [4.78, 5) is 88.3. The number of unbranched alkanes of at least 4 members (excludes halogenated alkanes) is 2. The summed E-state index contributed by atoms with van der Waals surface area (Å²) >= 11 is 0. The maximum absolute atomic E-state index is 14.1. The van der Waals surface area contributed by atoms with Gasteiger partial charge in [0.25, 0.3) is 17.6 Å². The van der Waals surface area contributed by atoms with Crippen LogP contribution in [0, 0.1) is 12.8 Å². The van der Waals surface area contributed by atoms with E-state index in [0.717, 1.165) is 40.0 Å². The van der Waals surface area contributed by atoms with Crippen LogP contribution in [0.3, 0.4) is 0 Å². The molecule has 3 aromatic carbocycles. The third-order valence-electron chi connectivity index (χ3n) is 12.9. The number of carbonyl (C=O) groups is 6. The zero-order chi connectivity index (χ0) is 51.8. The van der Waals surface area contributed by atoms with Gasteiger partial charge in [-0.15, -0.1) is 0 Å². The van der Waals surface area contributed by atoms with Crippen molar-refractivity contribution < 1.29 is 57.6 Å². The molecule has 18 heteroatoms. The summed E-state index contributed by atoms with van der Waals surface area (Å²) in [7, 11) is 1.46. The van der Waals surface area contributed by atoms with Crippen LogP contribution in [0.15, 0.2) is 89.7 Å². The molecule has 4 aliphatic heterocycles. The average Bonchev–Trinajstić information content (AvgIpc) is 3.91. The van der Waals surface area contributed by atoms with Gasteiger partial charge in [-0.3, -0.25) is 24.2 Å². The maximum Gasteiger partial charge on any atom is 0.416 e. The molecule has 5 atom stereocenters. The van der Waals surface area contributed by atoms with Gasteiger partial charge < -0.3 is 49.2 Å². The van der Waals surface area contributed by atoms with Crippen LogP contribution >= 0.6 is 0 Å². The van der Waals surface area contributed by atoms with E-state index in [1.54, 1.807) is 56.1 Å². The number of esters is 1. The van der Waals surface area contributed by atoms with Crippen molar-refractivity contribution in [2.45, 2.75) is 117 Å². The lowest BCUT2D eigenvalue weighted by Crippen LogP contribution is -2.52. The molecule has 3 aromatic rings.